The van der Waals surface area contributed by atoms with E-state index in [1.807, 2.05) is 50.2 Å². The van der Waals surface area contributed by atoms with Crippen molar-refractivity contribution >= 4 is 47.2 Å². The minimum Gasteiger partial charge on any atom is -0.333 e. The minimum absolute atomic E-state index is 0.0898. The van der Waals surface area contributed by atoms with Gasteiger partial charge in [0.15, 0.2) is 0 Å². The van der Waals surface area contributed by atoms with E-state index in [1.165, 1.54) is 0 Å². The number of carbonyl (C=O) groups excluding carboxylic acids is 2. The molecule has 2 aromatic rings. The van der Waals surface area contributed by atoms with E-state index in [-0.39, 0.29) is 23.9 Å². The van der Waals surface area contributed by atoms with Crippen LogP contribution in [0.25, 0.3) is 12.2 Å². The smallest absolute Gasteiger partial charge is 0.246 e. The predicted molar refractivity (Wildman–Crippen MR) is 123 cm³/mol. The van der Waals surface area contributed by atoms with Crippen molar-refractivity contribution in [1.82, 2.24) is 9.80 Å². The fourth-order valence-electron chi connectivity index (χ4n) is 3.47. The van der Waals surface area contributed by atoms with Gasteiger partial charge in [-0.25, -0.2) is 0 Å². The molecule has 4 nitrogen and oxygen atoms in total. The molecular formula is C24H24Cl2N2O2. The summed E-state index contributed by atoms with van der Waals surface area (Å²) in [6.07, 6.45) is 6.54. The lowest BCUT2D eigenvalue weighted by atomic mass is 10.1. The molecule has 1 fully saturated rings. The number of nitrogens with zero attached hydrogens (tertiary/aromatic N) is 2. The van der Waals surface area contributed by atoms with Crippen LogP contribution in [0.4, 0.5) is 0 Å². The van der Waals surface area contributed by atoms with Crippen LogP contribution in [0.15, 0.2) is 60.7 Å². The fourth-order valence-corrected chi connectivity index (χ4v) is 3.87. The molecule has 0 spiro atoms. The van der Waals surface area contributed by atoms with Gasteiger partial charge < -0.3 is 9.80 Å². The molecule has 0 radical (unpaired) electrons. The average molecular weight is 443 g/mol. The van der Waals surface area contributed by atoms with Crippen molar-refractivity contribution in [2.75, 3.05) is 13.1 Å². The van der Waals surface area contributed by atoms with Gasteiger partial charge in [0.1, 0.15) is 0 Å². The lowest BCUT2D eigenvalue weighted by Crippen LogP contribution is -2.59. The normalized spacial score (nSPS) is 19.6. The number of benzene rings is 2. The monoisotopic (exact) mass is 442 g/mol. The van der Waals surface area contributed by atoms with E-state index in [0.29, 0.717) is 23.1 Å². The van der Waals surface area contributed by atoms with Crippen molar-refractivity contribution in [3.63, 3.8) is 0 Å². The van der Waals surface area contributed by atoms with Crippen LogP contribution in [0.3, 0.4) is 0 Å². The van der Waals surface area contributed by atoms with Crippen LogP contribution >= 0.6 is 23.2 Å². The fraction of sp³-hybridized carbons (Fsp3) is 0.250. The summed E-state index contributed by atoms with van der Waals surface area (Å²) < 4.78 is 0. The van der Waals surface area contributed by atoms with Gasteiger partial charge in [-0.2, -0.15) is 0 Å². The summed E-state index contributed by atoms with van der Waals surface area (Å²) in [4.78, 5) is 29.0. The maximum Gasteiger partial charge on any atom is 0.246 e. The summed E-state index contributed by atoms with van der Waals surface area (Å²) in [5.74, 6) is -0.180. The lowest BCUT2D eigenvalue weighted by molar-refractivity contribution is -0.139. The van der Waals surface area contributed by atoms with E-state index >= 15 is 0 Å². The maximum atomic E-state index is 12.7. The molecule has 0 aliphatic carbocycles. The van der Waals surface area contributed by atoms with Crippen LogP contribution < -0.4 is 0 Å². The molecule has 1 saturated heterocycles. The standard InChI is InChI=1S/C24H24Cl2N2O2/c1-17-15-28(24(30)14-12-20-8-4-6-10-22(20)26)18(2)16-27(17)23(29)13-11-19-7-3-5-9-21(19)25/h3-14,17-18H,15-16H2,1-2H3/b13-11-,14-12-/t17-,18-/m1/s1. The topological polar surface area (TPSA) is 40.6 Å². The first-order chi connectivity index (χ1) is 14.4. The number of amides is 2. The van der Waals surface area contributed by atoms with Gasteiger partial charge in [-0.3, -0.25) is 9.59 Å². The Morgan fingerprint density at radius 2 is 1.13 bits per heavy atom. The number of halogens is 2. The Morgan fingerprint density at radius 3 is 1.50 bits per heavy atom. The summed E-state index contributed by atoms with van der Waals surface area (Å²) in [5, 5.41) is 1.20. The molecule has 6 heteroatoms. The van der Waals surface area contributed by atoms with Crippen LogP contribution in [0.5, 0.6) is 0 Å². The van der Waals surface area contributed by atoms with Crippen molar-refractivity contribution in [2.45, 2.75) is 25.9 Å². The van der Waals surface area contributed by atoms with Crippen molar-refractivity contribution < 1.29 is 9.59 Å². The first-order valence-electron chi connectivity index (χ1n) is 9.83. The number of piperazine rings is 1. The van der Waals surface area contributed by atoms with Crippen LogP contribution in [0.2, 0.25) is 10.0 Å². The van der Waals surface area contributed by atoms with E-state index in [2.05, 4.69) is 0 Å². The minimum atomic E-state index is -0.0951. The van der Waals surface area contributed by atoms with Gasteiger partial charge in [0, 0.05) is 47.4 Å². The predicted octanol–water partition coefficient (Wildman–Crippen LogP) is 5.17. The average Bonchev–Trinajstić information content (AvgIpc) is 2.73. The molecule has 30 heavy (non-hydrogen) atoms. The first-order valence-corrected chi connectivity index (χ1v) is 10.6. The van der Waals surface area contributed by atoms with Gasteiger partial charge in [0.25, 0.3) is 0 Å². The van der Waals surface area contributed by atoms with Gasteiger partial charge in [0.2, 0.25) is 11.8 Å². The summed E-state index contributed by atoms with van der Waals surface area (Å²) in [7, 11) is 0. The zero-order valence-corrected chi connectivity index (χ0v) is 18.5. The maximum absolute atomic E-state index is 12.7. The zero-order valence-electron chi connectivity index (χ0n) is 17.0. The summed E-state index contributed by atoms with van der Waals surface area (Å²) in [6.45, 7) is 4.84. The van der Waals surface area contributed by atoms with E-state index < -0.39 is 0 Å². The van der Waals surface area contributed by atoms with Crippen LogP contribution in [-0.4, -0.2) is 46.8 Å². The quantitative estimate of drug-likeness (QED) is 0.612. The van der Waals surface area contributed by atoms with Crippen molar-refractivity contribution in [3.05, 3.63) is 81.9 Å². The van der Waals surface area contributed by atoms with E-state index in [4.69, 9.17) is 23.2 Å². The highest BCUT2D eigenvalue weighted by Gasteiger charge is 2.32. The Hall–Kier alpha value is -2.56. The molecular weight excluding hydrogens is 419 g/mol. The number of carbonyl (C=O) groups is 2. The number of hydrogen-bond acceptors (Lipinski definition) is 2. The molecule has 0 aromatic heterocycles. The first kappa shape index (κ1) is 22.1. The third-order valence-corrected chi connectivity index (χ3v) is 5.86. The van der Waals surface area contributed by atoms with Gasteiger partial charge in [0.05, 0.1) is 0 Å². The molecule has 1 heterocycles. The molecule has 0 N–H and O–H groups in total. The second-order valence-electron chi connectivity index (χ2n) is 7.39. The summed E-state index contributed by atoms with van der Waals surface area (Å²) >= 11 is 12.3. The molecule has 1 aliphatic rings. The van der Waals surface area contributed by atoms with Crippen molar-refractivity contribution in [1.29, 1.82) is 0 Å². The molecule has 156 valence electrons. The van der Waals surface area contributed by atoms with E-state index in [9.17, 15) is 9.59 Å². The largest absolute Gasteiger partial charge is 0.333 e. The third-order valence-electron chi connectivity index (χ3n) is 5.17. The number of rotatable bonds is 4. The summed E-state index contributed by atoms with van der Waals surface area (Å²) in [5.41, 5.74) is 1.60. The van der Waals surface area contributed by atoms with E-state index in [1.54, 1.807) is 46.2 Å². The molecule has 1 aliphatic heterocycles. The van der Waals surface area contributed by atoms with Gasteiger partial charge >= 0.3 is 0 Å². The Kier molecular flexibility index (Phi) is 7.35. The van der Waals surface area contributed by atoms with Crippen molar-refractivity contribution in [2.24, 2.45) is 0 Å². The zero-order chi connectivity index (χ0) is 21.7. The van der Waals surface area contributed by atoms with Crippen LogP contribution in [-0.2, 0) is 9.59 Å². The molecule has 0 unspecified atom stereocenters. The van der Waals surface area contributed by atoms with Crippen LogP contribution in [0.1, 0.15) is 25.0 Å². The Balaban J connectivity index is 1.64. The number of hydrogen-bond donors (Lipinski definition) is 0. The lowest BCUT2D eigenvalue weighted by Gasteiger charge is -2.43. The Bertz CT molecular complexity index is 907. The molecule has 0 saturated carbocycles. The van der Waals surface area contributed by atoms with Crippen molar-refractivity contribution in [3.8, 4) is 0 Å². The second-order valence-corrected chi connectivity index (χ2v) is 8.20. The van der Waals surface area contributed by atoms with E-state index in [0.717, 1.165) is 11.1 Å². The van der Waals surface area contributed by atoms with Gasteiger partial charge in [-0.15, -0.1) is 0 Å². The highest BCUT2D eigenvalue weighted by molar-refractivity contribution is 6.32. The molecule has 2 amide bonds. The van der Waals surface area contributed by atoms with Crippen LogP contribution in [0, 0.1) is 0 Å². The van der Waals surface area contributed by atoms with Gasteiger partial charge in [-0.1, -0.05) is 59.6 Å². The third kappa shape index (κ3) is 5.32. The molecule has 2 aromatic carbocycles. The highest BCUT2D eigenvalue weighted by Crippen LogP contribution is 2.20. The molecule has 2 atom stereocenters. The Morgan fingerprint density at radius 1 is 0.767 bits per heavy atom. The SMILES string of the molecule is C[C@@H]1CN(C(=O)/C=C\c2ccccc2Cl)[C@H](C)CN1C(=O)/C=C\c1ccccc1Cl. The summed E-state index contributed by atoms with van der Waals surface area (Å²) in [6, 6.07) is 14.6. The Labute approximate surface area is 187 Å². The second kappa shape index (κ2) is 9.96. The molecule has 3 rings (SSSR count). The molecule has 0 bridgehead atoms. The van der Waals surface area contributed by atoms with Gasteiger partial charge in [-0.05, 0) is 49.3 Å². The highest BCUT2D eigenvalue weighted by atomic mass is 35.5.